The lowest BCUT2D eigenvalue weighted by atomic mass is 10.2. The molecule has 2 rings (SSSR count). The van der Waals surface area contributed by atoms with Gasteiger partial charge in [0.25, 0.3) is 0 Å². The molecule has 3 N–H and O–H groups in total. The van der Waals surface area contributed by atoms with Gasteiger partial charge in [0.15, 0.2) is 0 Å². The smallest absolute Gasteiger partial charge is 0.146 e. The molecule has 4 nitrogen and oxygen atoms in total. The third-order valence-corrected chi connectivity index (χ3v) is 2.62. The van der Waals surface area contributed by atoms with E-state index >= 15 is 0 Å². The predicted octanol–water partition coefficient (Wildman–Crippen LogP) is 2.60. The van der Waals surface area contributed by atoms with Gasteiger partial charge in [-0.15, -0.1) is 0 Å². The Morgan fingerprint density at radius 3 is 2.94 bits per heavy atom. The number of ether oxygens (including phenoxy) is 1. The Morgan fingerprint density at radius 2 is 2.18 bits per heavy atom. The van der Waals surface area contributed by atoms with Gasteiger partial charge in [0.05, 0.1) is 5.02 Å². The second-order valence-electron chi connectivity index (χ2n) is 3.44. The van der Waals surface area contributed by atoms with Crippen LogP contribution in [0.4, 0.5) is 5.69 Å². The maximum Gasteiger partial charge on any atom is 0.146 e. The van der Waals surface area contributed by atoms with Gasteiger partial charge < -0.3 is 15.6 Å². The van der Waals surface area contributed by atoms with Crippen LogP contribution >= 0.6 is 11.6 Å². The fourth-order valence-corrected chi connectivity index (χ4v) is 1.51. The van der Waals surface area contributed by atoms with Gasteiger partial charge in [0, 0.05) is 18.0 Å². The highest BCUT2D eigenvalue weighted by Gasteiger charge is 2.06. The minimum Gasteiger partial charge on any atom is -0.506 e. The molecular weight excluding hydrogens is 240 g/mol. The minimum absolute atomic E-state index is 0.00308. The molecule has 0 atom stereocenters. The average molecular weight is 251 g/mol. The molecule has 0 saturated heterocycles. The Bertz CT molecular complexity index is 532. The molecule has 17 heavy (non-hydrogen) atoms. The highest BCUT2D eigenvalue weighted by atomic mass is 35.5. The maximum atomic E-state index is 9.41. The first-order valence-corrected chi connectivity index (χ1v) is 5.35. The van der Waals surface area contributed by atoms with Gasteiger partial charge in [0.2, 0.25) is 0 Å². The molecule has 0 radical (unpaired) electrons. The van der Waals surface area contributed by atoms with Crippen molar-refractivity contribution in [1.82, 2.24) is 4.98 Å². The molecule has 1 aromatic carbocycles. The summed E-state index contributed by atoms with van der Waals surface area (Å²) in [6.45, 7) is 0.273. The molecule has 2 aromatic rings. The summed E-state index contributed by atoms with van der Waals surface area (Å²) in [6, 6.07) is 6.61. The fourth-order valence-electron chi connectivity index (χ4n) is 1.33. The van der Waals surface area contributed by atoms with Crippen LogP contribution < -0.4 is 10.5 Å². The van der Waals surface area contributed by atoms with Crippen molar-refractivity contribution in [2.45, 2.75) is 6.61 Å². The second kappa shape index (κ2) is 4.93. The van der Waals surface area contributed by atoms with E-state index in [1.54, 1.807) is 30.6 Å². The lowest BCUT2D eigenvalue weighted by Crippen LogP contribution is -1.99. The third kappa shape index (κ3) is 2.60. The first-order chi connectivity index (χ1) is 8.18. The lowest BCUT2D eigenvalue weighted by Gasteiger charge is -2.10. The largest absolute Gasteiger partial charge is 0.506 e. The van der Waals surface area contributed by atoms with Gasteiger partial charge in [-0.05, 0) is 18.2 Å². The summed E-state index contributed by atoms with van der Waals surface area (Å²) in [7, 11) is 0. The quantitative estimate of drug-likeness (QED) is 0.649. The van der Waals surface area contributed by atoms with Crippen molar-refractivity contribution < 1.29 is 9.84 Å². The Kier molecular flexibility index (Phi) is 3.35. The van der Waals surface area contributed by atoms with Crippen molar-refractivity contribution in [3.8, 4) is 11.5 Å². The summed E-state index contributed by atoms with van der Waals surface area (Å²) < 4.78 is 5.49. The molecule has 0 fully saturated rings. The molecule has 0 aliphatic carbocycles. The van der Waals surface area contributed by atoms with Gasteiger partial charge in [-0.1, -0.05) is 17.7 Å². The van der Waals surface area contributed by atoms with E-state index in [1.807, 2.05) is 0 Å². The van der Waals surface area contributed by atoms with Crippen LogP contribution in [0.1, 0.15) is 5.56 Å². The lowest BCUT2D eigenvalue weighted by molar-refractivity contribution is 0.306. The van der Waals surface area contributed by atoms with Crippen LogP contribution in [-0.4, -0.2) is 10.1 Å². The van der Waals surface area contributed by atoms with Crippen molar-refractivity contribution >= 4 is 17.3 Å². The van der Waals surface area contributed by atoms with E-state index in [-0.39, 0.29) is 18.0 Å². The van der Waals surface area contributed by atoms with Crippen LogP contribution in [0.3, 0.4) is 0 Å². The summed E-state index contributed by atoms with van der Waals surface area (Å²) in [6.07, 6.45) is 3.18. The minimum atomic E-state index is 0.00308. The number of phenols is 1. The van der Waals surface area contributed by atoms with Crippen LogP contribution in [0.5, 0.6) is 11.5 Å². The van der Waals surface area contributed by atoms with Crippen LogP contribution in [0.15, 0.2) is 36.7 Å². The molecule has 0 amide bonds. The normalized spacial score (nSPS) is 10.2. The zero-order chi connectivity index (χ0) is 12.3. The summed E-state index contributed by atoms with van der Waals surface area (Å²) in [4.78, 5) is 3.88. The maximum absolute atomic E-state index is 9.41. The molecule has 0 unspecified atom stereocenters. The summed E-state index contributed by atoms with van der Waals surface area (Å²) in [5.41, 5.74) is 6.69. The Labute approximate surface area is 104 Å². The number of halogens is 1. The second-order valence-corrected chi connectivity index (χ2v) is 3.85. The standard InChI is InChI=1S/C12H11ClN2O2/c13-9-6-15-5-4-8(9)7-17-11-3-1-2-10(16)12(11)14/h1-6,16H,7,14H2. The van der Waals surface area contributed by atoms with E-state index < -0.39 is 0 Å². The van der Waals surface area contributed by atoms with Gasteiger partial charge >= 0.3 is 0 Å². The number of aromatic hydroxyl groups is 1. The van der Waals surface area contributed by atoms with E-state index in [4.69, 9.17) is 22.1 Å². The van der Waals surface area contributed by atoms with Gasteiger partial charge in [0.1, 0.15) is 23.8 Å². The molecule has 1 aromatic heterocycles. The summed E-state index contributed by atoms with van der Waals surface area (Å²) >= 11 is 5.94. The number of rotatable bonds is 3. The number of nitrogen functional groups attached to an aromatic ring is 1. The topological polar surface area (TPSA) is 68.4 Å². The number of nitrogens with zero attached hydrogens (tertiary/aromatic N) is 1. The van der Waals surface area contributed by atoms with Crippen molar-refractivity contribution in [3.63, 3.8) is 0 Å². The zero-order valence-electron chi connectivity index (χ0n) is 8.93. The van der Waals surface area contributed by atoms with Crippen molar-refractivity contribution in [3.05, 3.63) is 47.2 Å². The van der Waals surface area contributed by atoms with Crippen molar-refractivity contribution in [2.75, 3.05) is 5.73 Å². The molecule has 5 heteroatoms. The Morgan fingerprint density at radius 1 is 1.35 bits per heavy atom. The number of aromatic nitrogens is 1. The monoisotopic (exact) mass is 250 g/mol. The SMILES string of the molecule is Nc1c(O)cccc1OCc1ccncc1Cl. The Hall–Kier alpha value is -1.94. The van der Waals surface area contributed by atoms with E-state index in [9.17, 15) is 5.11 Å². The number of hydrogen-bond acceptors (Lipinski definition) is 4. The van der Waals surface area contributed by atoms with E-state index in [2.05, 4.69) is 4.98 Å². The first kappa shape index (κ1) is 11.5. The van der Waals surface area contributed by atoms with Crippen LogP contribution in [-0.2, 0) is 6.61 Å². The van der Waals surface area contributed by atoms with Crippen molar-refractivity contribution in [1.29, 1.82) is 0 Å². The molecule has 0 bridgehead atoms. The number of phenolic OH excluding ortho intramolecular Hbond substituents is 1. The summed E-state index contributed by atoms with van der Waals surface area (Å²) in [5.74, 6) is 0.432. The van der Waals surface area contributed by atoms with E-state index in [0.29, 0.717) is 10.8 Å². The number of para-hydroxylation sites is 1. The fraction of sp³-hybridized carbons (Fsp3) is 0.0833. The molecular formula is C12H11ClN2O2. The number of benzene rings is 1. The van der Waals surface area contributed by atoms with Gasteiger partial charge in [-0.25, -0.2) is 0 Å². The number of nitrogens with two attached hydrogens (primary N) is 1. The first-order valence-electron chi connectivity index (χ1n) is 4.97. The van der Waals surface area contributed by atoms with Gasteiger partial charge in [-0.3, -0.25) is 4.98 Å². The zero-order valence-corrected chi connectivity index (χ0v) is 9.69. The molecule has 88 valence electrons. The predicted molar refractivity (Wildman–Crippen MR) is 66.1 cm³/mol. The highest BCUT2D eigenvalue weighted by molar-refractivity contribution is 6.31. The number of pyridine rings is 1. The molecule has 0 saturated carbocycles. The number of anilines is 1. The van der Waals surface area contributed by atoms with Crippen LogP contribution in [0.2, 0.25) is 5.02 Å². The van der Waals surface area contributed by atoms with Gasteiger partial charge in [-0.2, -0.15) is 0 Å². The summed E-state index contributed by atoms with van der Waals surface area (Å²) in [5, 5.41) is 9.94. The third-order valence-electron chi connectivity index (χ3n) is 2.28. The molecule has 0 spiro atoms. The average Bonchev–Trinajstić information content (AvgIpc) is 2.33. The molecule has 0 aliphatic rings. The highest BCUT2D eigenvalue weighted by Crippen LogP contribution is 2.30. The van der Waals surface area contributed by atoms with E-state index in [1.165, 1.54) is 6.07 Å². The van der Waals surface area contributed by atoms with Crippen molar-refractivity contribution in [2.24, 2.45) is 0 Å². The number of hydrogen-bond donors (Lipinski definition) is 2. The van der Waals surface area contributed by atoms with E-state index in [0.717, 1.165) is 5.56 Å². The van der Waals surface area contributed by atoms with Crippen LogP contribution in [0, 0.1) is 0 Å². The molecule has 1 heterocycles. The Balaban J connectivity index is 2.13. The molecule has 0 aliphatic heterocycles. The van der Waals surface area contributed by atoms with Crippen LogP contribution in [0.25, 0.3) is 0 Å².